The molecule has 0 saturated carbocycles. The van der Waals surface area contributed by atoms with Gasteiger partial charge in [-0.1, -0.05) is 72.9 Å². The molecule has 28 heavy (non-hydrogen) atoms. The Labute approximate surface area is 174 Å². The average molecular weight is 425 g/mol. The average Bonchev–Trinajstić information content (AvgIpc) is 2.71. The number of carboxylic acid groups (broad SMARTS) is 3. The second kappa shape index (κ2) is 14.4. The first kappa shape index (κ1) is 25.4. The Bertz CT molecular complexity index is 605. The first-order valence-corrected chi connectivity index (χ1v) is 8.54. The Hall–Kier alpha value is -2.63. The number of carboxylic acids is 3. The molecule has 0 aromatic carbocycles. The van der Waals surface area contributed by atoms with E-state index in [4.69, 9.17) is 0 Å². The summed E-state index contributed by atoms with van der Waals surface area (Å²) < 4.78 is 0. The molecule has 3 unspecified atom stereocenters. The minimum absolute atomic E-state index is 0. The van der Waals surface area contributed by atoms with E-state index in [9.17, 15) is 29.7 Å². The standard InChI is InChI=1S/3C7H8O2.Fe/c3*8-7(9)6-4-2-1-3-5-6;/h3*1-4,6H,5H2,(H,8,9);/q;;;+3/p-3. The van der Waals surface area contributed by atoms with E-state index in [0.717, 1.165) is 0 Å². The third-order valence-corrected chi connectivity index (χ3v) is 3.85. The number of aliphatic carboxylic acids is 3. The van der Waals surface area contributed by atoms with Crippen molar-refractivity contribution < 1.29 is 46.8 Å². The maximum atomic E-state index is 10.2. The van der Waals surface area contributed by atoms with Crippen LogP contribution in [-0.2, 0) is 31.5 Å². The summed E-state index contributed by atoms with van der Waals surface area (Å²) in [5, 5.41) is 30.5. The van der Waals surface area contributed by atoms with Gasteiger partial charge in [-0.2, -0.15) is 0 Å². The van der Waals surface area contributed by atoms with E-state index in [2.05, 4.69) is 0 Å². The number of hydrogen-bond donors (Lipinski definition) is 0. The van der Waals surface area contributed by atoms with Gasteiger partial charge in [0.05, 0.1) is 0 Å². The van der Waals surface area contributed by atoms with Gasteiger partial charge >= 0.3 is 17.1 Å². The molecule has 0 bridgehead atoms. The van der Waals surface area contributed by atoms with Crippen molar-refractivity contribution in [1.82, 2.24) is 0 Å². The Morgan fingerprint density at radius 3 is 0.893 bits per heavy atom. The van der Waals surface area contributed by atoms with E-state index >= 15 is 0 Å². The topological polar surface area (TPSA) is 120 Å². The SMILES string of the molecule is O=C([O-])C1C=CC=CC1.O=C([O-])C1C=CC=CC1.O=C([O-])C1C=CC=CC1.[Fe+3]. The van der Waals surface area contributed by atoms with Gasteiger partial charge in [-0.3, -0.25) is 0 Å². The van der Waals surface area contributed by atoms with Gasteiger partial charge in [0.15, 0.2) is 0 Å². The quantitative estimate of drug-likeness (QED) is 0.568. The zero-order valence-electron chi connectivity index (χ0n) is 15.1. The fraction of sp³-hybridized carbons (Fsp3) is 0.286. The van der Waals surface area contributed by atoms with Crippen LogP contribution in [0.5, 0.6) is 0 Å². The number of carbonyl (C=O) groups excluding carboxylic acids is 3. The second-order valence-corrected chi connectivity index (χ2v) is 5.92. The van der Waals surface area contributed by atoms with Crippen LogP contribution in [0.15, 0.2) is 72.9 Å². The molecule has 0 heterocycles. The Kier molecular flexibility index (Phi) is 13.1. The van der Waals surface area contributed by atoms with Crippen molar-refractivity contribution in [2.24, 2.45) is 17.8 Å². The molecular weight excluding hydrogens is 404 g/mol. The number of rotatable bonds is 3. The van der Waals surface area contributed by atoms with Gasteiger partial charge in [0.2, 0.25) is 0 Å². The predicted molar refractivity (Wildman–Crippen MR) is 94.2 cm³/mol. The third-order valence-electron chi connectivity index (χ3n) is 3.85. The third kappa shape index (κ3) is 10.5. The molecule has 0 aromatic rings. The first-order chi connectivity index (χ1) is 12.9. The minimum Gasteiger partial charge on any atom is -0.550 e. The molecule has 0 aromatic heterocycles. The number of hydrogen-bond acceptors (Lipinski definition) is 6. The molecule has 0 amide bonds. The van der Waals surface area contributed by atoms with Gasteiger partial charge in [-0.05, 0) is 19.3 Å². The Morgan fingerprint density at radius 1 is 0.536 bits per heavy atom. The van der Waals surface area contributed by atoms with Crippen LogP contribution in [0.4, 0.5) is 0 Å². The Morgan fingerprint density at radius 2 is 0.786 bits per heavy atom. The van der Waals surface area contributed by atoms with Crippen LogP contribution in [-0.4, -0.2) is 17.9 Å². The van der Waals surface area contributed by atoms with Gasteiger partial charge < -0.3 is 29.7 Å². The zero-order valence-corrected chi connectivity index (χ0v) is 16.2. The van der Waals surface area contributed by atoms with Crippen molar-refractivity contribution in [2.45, 2.75) is 19.3 Å². The van der Waals surface area contributed by atoms with E-state index in [-0.39, 0.29) is 17.1 Å². The molecule has 3 aliphatic carbocycles. The van der Waals surface area contributed by atoms with E-state index in [0.29, 0.717) is 19.3 Å². The monoisotopic (exact) mass is 425 g/mol. The van der Waals surface area contributed by atoms with Crippen LogP contribution >= 0.6 is 0 Å². The molecular formula is C21H21FeO6. The molecule has 1 radical (unpaired) electrons. The summed E-state index contributed by atoms with van der Waals surface area (Å²) in [7, 11) is 0. The van der Waals surface area contributed by atoms with Crippen molar-refractivity contribution in [3.05, 3.63) is 72.9 Å². The van der Waals surface area contributed by atoms with Crippen molar-refractivity contribution in [1.29, 1.82) is 0 Å². The van der Waals surface area contributed by atoms with Crippen LogP contribution in [0, 0.1) is 17.8 Å². The molecule has 3 rings (SSSR count). The van der Waals surface area contributed by atoms with Gasteiger partial charge in [0.1, 0.15) is 0 Å². The van der Waals surface area contributed by atoms with E-state index in [1.807, 2.05) is 36.5 Å². The van der Waals surface area contributed by atoms with Gasteiger partial charge in [0, 0.05) is 35.7 Å². The zero-order chi connectivity index (χ0) is 20.1. The molecule has 3 aliphatic rings. The van der Waals surface area contributed by atoms with Crippen molar-refractivity contribution in [3.8, 4) is 0 Å². The summed E-state index contributed by atoms with van der Waals surface area (Å²) in [6.45, 7) is 0. The molecule has 0 saturated heterocycles. The van der Waals surface area contributed by atoms with Crippen LogP contribution in [0.25, 0.3) is 0 Å². The van der Waals surface area contributed by atoms with Crippen molar-refractivity contribution >= 4 is 17.9 Å². The first-order valence-electron chi connectivity index (χ1n) is 8.54. The predicted octanol–water partition coefficient (Wildman–Crippen LogP) is -0.397. The number of carbonyl (C=O) groups is 3. The van der Waals surface area contributed by atoms with Crippen LogP contribution in [0.3, 0.4) is 0 Å². The molecule has 149 valence electrons. The summed E-state index contributed by atoms with van der Waals surface area (Å²) in [4.78, 5) is 30.5. The maximum Gasteiger partial charge on any atom is 3.00 e. The summed E-state index contributed by atoms with van der Waals surface area (Å²) in [6.07, 6.45) is 22.7. The number of allylic oxidation sites excluding steroid dienone is 9. The molecule has 0 spiro atoms. The maximum absolute atomic E-state index is 10.2. The minimum atomic E-state index is -0.990. The van der Waals surface area contributed by atoms with E-state index < -0.39 is 35.7 Å². The summed E-state index contributed by atoms with van der Waals surface area (Å²) in [5.74, 6) is -4.19. The Balaban J connectivity index is 0.000000384. The van der Waals surface area contributed by atoms with Crippen LogP contribution in [0.1, 0.15) is 19.3 Å². The van der Waals surface area contributed by atoms with Gasteiger partial charge in [-0.25, -0.2) is 0 Å². The summed E-state index contributed by atoms with van der Waals surface area (Å²) in [6, 6.07) is 0. The second-order valence-electron chi connectivity index (χ2n) is 5.92. The summed E-state index contributed by atoms with van der Waals surface area (Å²) >= 11 is 0. The van der Waals surface area contributed by atoms with Gasteiger partial charge in [-0.15, -0.1) is 0 Å². The molecule has 0 fully saturated rings. The van der Waals surface area contributed by atoms with Crippen LogP contribution < -0.4 is 15.3 Å². The van der Waals surface area contributed by atoms with Gasteiger partial charge in [0.25, 0.3) is 0 Å². The summed E-state index contributed by atoms with van der Waals surface area (Å²) in [5.41, 5.74) is 0. The smallest absolute Gasteiger partial charge is 0.550 e. The van der Waals surface area contributed by atoms with E-state index in [1.165, 1.54) is 0 Å². The molecule has 3 atom stereocenters. The largest absolute Gasteiger partial charge is 3.00 e. The fourth-order valence-corrected chi connectivity index (χ4v) is 2.27. The molecule has 6 nitrogen and oxygen atoms in total. The van der Waals surface area contributed by atoms with Crippen LogP contribution in [0.2, 0.25) is 0 Å². The normalized spacial score (nSPS) is 23.4. The van der Waals surface area contributed by atoms with Crippen molar-refractivity contribution in [2.75, 3.05) is 0 Å². The molecule has 0 N–H and O–H groups in total. The molecule has 7 heteroatoms. The van der Waals surface area contributed by atoms with E-state index in [1.54, 1.807) is 36.5 Å². The molecule has 0 aliphatic heterocycles. The fourth-order valence-electron chi connectivity index (χ4n) is 2.27. The van der Waals surface area contributed by atoms with Crippen molar-refractivity contribution in [3.63, 3.8) is 0 Å².